The van der Waals surface area contributed by atoms with Crippen LogP contribution in [0.5, 0.6) is 0 Å². The van der Waals surface area contributed by atoms with E-state index in [9.17, 15) is 14.4 Å². The number of hydrogen-bond donors (Lipinski definition) is 3. The number of nitrogens with two attached hydrogens (primary N) is 1. The maximum Gasteiger partial charge on any atom is 0.309 e. The first-order valence-corrected chi connectivity index (χ1v) is 15.8. The predicted molar refractivity (Wildman–Crippen MR) is 183 cm³/mol. The lowest BCUT2D eigenvalue weighted by molar-refractivity contribution is -0.140. The molecular weight excluding hydrogens is 564 g/mol. The first kappa shape index (κ1) is 39.1. The Kier molecular flexibility index (Phi) is 21.1. The van der Waals surface area contributed by atoms with Crippen LogP contribution in [0.2, 0.25) is 0 Å². The Balaban J connectivity index is 0.000000310. The van der Waals surface area contributed by atoms with Crippen molar-refractivity contribution in [2.24, 2.45) is 5.73 Å². The molecule has 3 aromatic rings. The summed E-state index contributed by atoms with van der Waals surface area (Å²) < 4.78 is 4.52. The third kappa shape index (κ3) is 19.8. The fourth-order valence-corrected chi connectivity index (χ4v) is 5.05. The Morgan fingerprint density at radius 3 is 1.44 bits per heavy atom. The summed E-state index contributed by atoms with van der Waals surface area (Å²) in [6, 6.07) is 29.5. The van der Waals surface area contributed by atoms with Gasteiger partial charge in [0.1, 0.15) is 0 Å². The molecule has 0 radical (unpaired) electrons. The monoisotopic (exact) mass is 618 g/mol. The fourth-order valence-electron chi connectivity index (χ4n) is 5.05. The van der Waals surface area contributed by atoms with E-state index in [0.717, 1.165) is 29.5 Å². The third-order valence-electron chi connectivity index (χ3n) is 7.44. The molecule has 3 aromatic carbocycles. The van der Waals surface area contributed by atoms with Crippen LogP contribution >= 0.6 is 0 Å². The van der Waals surface area contributed by atoms with Crippen LogP contribution in [-0.2, 0) is 38.4 Å². The number of carboxylic acids is 1. The summed E-state index contributed by atoms with van der Waals surface area (Å²) >= 11 is 0. The predicted octanol–water partition coefficient (Wildman–Crippen LogP) is 7.31. The van der Waals surface area contributed by atoms with Gasteiger partial charge in [-0.3, -0.25) is 14.4 Å². The molecule has 0 atom stereocenters. The fraction of sp³-hybridized carbons (Fsp3) is 0.447. The number of hydrogen-bond acceptors (Lipinski definition) is 5. The Bertz CT molecular complexity index is 1180. The highest BCUT2D eigenvalue weighted by atomic mass is 16.5. The van der Waals surface area contributed by atoms with Gasteiger partial charge >= 0.3 is 11.9 Å². The standard InChI is InChI=1S/C14H19NO.C9H10O2.C8H8O2.C6H13N.CH4/c16-14(11-12-7-3-1-4-8-12)15-13-9-5-2-6-10-13;1-11-9(10)7-8-5-3-2-4-6-8;9-8(10)6-7-4-2-1-3-5-7;7-6-4-2-1-3-5-6;/h1,3-4,7-8,13H,2,5-6,9-11H2,(H,15,16);2-6H,7H2,1H3;1-5H,6H2,(H,9,10);6H,1-5,7H2;1H4. The van der Waals surface area contributed by atoms with Crippen LogP contribution in [-0.4, -0.2) is 42.1 Å². The Morgan fingerprint density at radius 1 is 0.667 bits per heavy atom. The van der Waals surface area contributed by atoms with Gasteiger partial charge in [0.2, 0.25) is 5.91 Å². The van der Waals surface area contributed by atoms with Crippen molar-refractivity contribution in [1.82, 2.24) is 5.32 Å². The Hall–Kier alpha value is -3.97. The zero-order chi connectivity index (χ0) is 31.8. The number of benzene rings is 3. The minimum atomic E-state index is -0.786. The molecule has 0 heterocycles. The number of amides is 1. The molecule has 2 aliphatic carbocycles. The van der Waals surface area contributed by atoms with E-state index in [0.29, 0.717) is 24.9 Å². The molecule has 0 aliphatic heterocycles. The van der Waals surface area contributed by atoms with Gasteiger partial charge in [0.15, 0.2) is 0 Å². The van der Waals surface area contributed by atoms with Crippen LogP contribution in [0.1, 0.15) is 88.3 Å². The molecule has 4 N–H and O–H groups in total. The number of carbonyl (C=O) groups excluding carboxylic acids is 2. The van der Waals surface area contributed by atoms with Gasteiger partial charge in [-0.2, -0.15) is 0 Å². The van der Waals surface area contributed by atoms with Crippen molar-refractivity contribution in [3.8, 4) is 0 Å². The molecule has 7 heteroatoms. The molecule has 0 bridgehead atoms. The molecule has 0 unspecified atom stereocenters. The van der Waals surface area contributed by atoms with E-state index in [4.69, 9.17) is 10.8 Å². The lowest BCUT2D eigenvalue weighted by Crippen LogP contribution is -2.37. The smallest absolute Gasteiger partial charge is 0.309 e. The quantitative estimate of drug-likeness (QED) is 0.239. The third-order valence-corrected chi connectivity index (χ3v) is 7.44. The highest BCUT2D eigenvalue weighted by molar-refractivity contribution is 5.78. The lowest BCUT2D eigenvalue weighted by Gasteiger charge is -2.22. The van der Waals surface area contributed by atoms with Crippen molar-refractivity contribution in [3.63, 3.8) is 0 Å². The normalized spacial score (nSPS) is 14.3. The molecule has 7 nitrogen and oxygen atoms in total. The number of ether oxygens (including phenoxy) is 1. The van der Waals surface area contributed by atoms with E-state index >= 15 is 0 Å². The summed E-state index contributed by atoms with van der Waals surface area (Å²) in [5.41, 5.74) is 8.56. The van der Waals surface area contributed by atoms with Crippen LogP contribution < -0.4 is 11.1 Å². The maximum absolute atomic E-state index is 11.8. The molecule has 246 valence electrons. The number of carboxylic acid groups (broad SMARTS) is 1. The molecule has 2 fully saturated rings. The van der Waals surface area contributed by atoms with Crippen molar-refractivity contribution >= 4 is 17.8 Å². The Labute approximate surface area is 270 Å². The van der Waals surface area contributed by atoms with E-state index in [1.54, 1.807) is 12.1 Å². The average molecular weight is 619 g/mol. The summed E-state index contributed by atoms with van der Waals surface area (Å²) in [6.07, 6.45) is 13.8. The number of methoxy groups -OCH3 is 1. The van der Waals surface area contributed by atoms with Gasteiger partial charge in [-0.1, -0.05) is 137 Å². The summed E-state index contributed by atoms with van der Waals surface area (Å²) in [5.74, 6) is -0.819. The number of rotatable bonds is 7. The van der Waals surface area contributed by atoms with E-state index in [1.165, 1.54) is 58.5 Å². The topological polar surface area (TPSA) is 119 Å². The molecule has 0 spiro atoms. The summed E-state index contributed by atoms with van der Waals surface area (Å²) in [7, 11) is 1.39. The molecule has 1 amide bonds. The average Bonchev–Trinajstić information content (AvgIpc) is 3.04. The number of aliphatic carboxylic acids is 1. The van der Waals surface area contributed by atoms with Crippen molar-refractivity contribution in [2.45, 2.75) is 103 Å². The first-order valence-electron chi connectivity index (χ1n) is 15.8. The maximum atomic E-state index is 11.8. The highest BCUT2D eigenvalue weighted by Crippen LogP contribution is 2.17. The summed E-state index contributed by atoms with van der Waals surface area (Å²) in [6.45, 7) is 0. The van der Waals surface area contributed by atoms with Gasteiger partial charge in [0.25, 0.3) is 0 Å². The summed E-state index contributed by atoms with van der Waals surface area (Å²) in [4.78, 5) is 32.7. The number of esters is 1. The van der Waals surface area contributed by atoms with Crippen molar-refractivity contribution < 1.29 is 24.2 Å². The molecule has 45 heavy (non-hydrogen) atoms. The molecule has 2 aliphatic rings. The largest absolute Gasteiger partial charge is 0.481 e. The van der Waals surface area contributed by atoms with Crippen molar-refractivity contribution in [2.75, 3.05) is 7.11 Å². The molecule has 5 rings (SSSR count). The highest BCUT2D eigenvalue weighted by Gasteiger charge is 2.15. The Morgan fingerprint density at radius 2 is 1.07 bits per heavy atom. The number of nitrogens with one attached hydrogen (secondary N) is 1. The van der Waals surface area contributed by atoms with Crippen molar-refractivity contribution in [3.05, 3.63) is 108 Å². The van der Waals surface area contributed by atoms with Crippen LogP contribution in [0, 0.1) is 0 Å². The zero-order valence-electron chi connectivity index (χ0n) is 26.2. The van der Waals surface area contributed by atoms with E-state index in [1.807, 2.05) is 78.9 Å². The minimum absolute atomic E-state index is 0. The minimum Gasteiger partial charge on any atom is -0.481 e. The first-order chi connectivity index (χ1) is 21.4. The van der Waals surface area contributed by atoms with Gasteiger partial charge < -0.3 is 20.9 Å². The van der Waals surface area contributed by atoms with Gasteiger partial charge in [-0.25, -0.2) is 0 Å². The lowest BCUT2D eigenvalue weighted by atomic mass is 9.95. The van der Waals surface area contributed by atoms with Gasteiger partial charge in [0.05, 0.1) is 26.4 Å². The molecule has 0 aromatic heterocycles. The summed E-state index contributed by atoms with van der Waals surface area (Å²) in [5, 5.41) is 11.5. The van der Waals surface area contributed by atoms with Crippen molar-refractivity contribution in [1.29, 1.82) is 0 Å². The number of carbonyl (C=O) groups is 3. The van der Waals surface area contributed by atoms with Gasteiger partial charge in [-0.15, -0.1) is 0 Å². The van der Waals surface area contributed by atoms with E-state index in [-0.39, 0.29) is 25.7 Å². The van der Waals surface area contributed by atoms with Crippen LogP contribution in [0.15, 0.2) is 91.0 Å². The SMILES string of the molecule is C.COC(=O)Cc1ccccc1.NC1CCCCC1.O=C(Cc1ccccc1)NC1CCCCC1.O=C(O)Cc1ccccc1. The van der Waals surface area contributed by atoms with Crippen LogP contribution in [0.3, 0.4) is 0 Å². The molecule has 0 saturated heterocycles. The molecular formula is C38H54N2O5. The molecule has 2 saturated carbocycles. The van der Waals surface area contributed by atoms with E-state index < -0.39 is 5.97 Å². The van der Waals surface area contributed by atoms with Crippen LogP contribution in [0.4, 0.5) is 0 Å². The second-order valence-corrected chi connectivity index (χ2v) is 11.3. The second-order valence-electron chi connectivity index (χ2n) is 11.3. The van der Waals surface area contributed by atoms with Gasteiger partial charge in [0, 0.05) is 12.1 Å². The second kappa shape index (κ2) is 24.4. The van der Waals surface area contributed by atoms with Gasteiger partial charge in [-0.05, 0) is 42.4 Å². The van der Waals surface area contributed by atoms with E-state index in [2.05, 4.69) is 10.1 Å². The van der Waals surface area contributed by atoms with Crippen LogP contribution in [0.25, 0.3) is 0 Å². The zero-order valence-corrected chi connectivity index (χ0v) is 26.2.